The Labute approximate surface area is 206 Å². The van der Waals surface area contributed by atoms with E-state index in [4.69, 9.17) is 4.74 Å². The van der Waals surface area contributed by atoms with E-state index in [1.165, 1.54) is 44.0 Å². The average molecular weight is 502 g/mol. The van der Waals surface area contributed by atoms with Gasteiger partial charge in [0.15, 0.2) is 5.69 Å². The Balaban J connectivity index is 1.70. The lowest BCUT2D eigenvalue weighted by molar-refractivity contribution is -0.145. The van der Waals surface area contributed by atoms with Gasteiger partial charge >= 0.3 is 11.8 Å². The molecular weight excluding hydrogens is 473 g/mol. The minimum Gasteiger partial charge on any atom is -0.501 e. The summed E-state index contributed by atoms with van der Waals surface area (Å²) in [7, 11) is 4.28. The Kier molecular flexibility index (Phi) is 6.70. The van der Waals surface area contributed by atoms with Crippen molar-refractivity contribution in [2.75, 3.05) is 21.2 Å². The van der Waals surface area contributed by atoms with E-state index in [0.717, 1.165) is 4.90 Å². The van der Waals surface area contributed by atoms with Gasteiger partial charge in [0.05, 0.1) is 12.6 Å². The molecule has 1 aliphatic carbocycles. The molecule has 3 heterocycles. The summed E-state index contributed by atoms with van der Waals surface area (Å²) in [6.45, 7) is 0.200. The minimum absolute atomic E-state index is 0.0802. The Morgan fingerprint density at radius 1 is 1.28 bits per heavy atom. The maximum atomic E-state index is 13.5. The number of nitrogens with one attached hydrogen (secondary N) is 2. The van der Waals surface area contributed by atoms with Crippen LogP contribution in [0.3, 0.4) is 0 Å². The molecule has 3 aliphatic rings. The van der Waals surface area contributed by atoms with E-state index in [1.807, 2.05) is 0 Å². The highest BCUT2D eigenvalue weighted by atomic mass is 19.1. The molecule has 2 aromatic rings. The fourth-order valence-corrected chi connectivity index (χ4v) is 4.85. The number of ether oxygens (including phenoxy) is 1. The average Bonchev–Trinajstić information content (AvgIpc) is 3.10. The van der Waals surface area contributed by atoms with Gasteiger partial charge in [-0.25, -0.2) is 9.37 Å². The summed E-state index contributed by atoms with van der Waals surface area (Å²) in [5.41, 5.74) is -1.96. The molecule has 1 aromatic heterocycles. The van der Waals surface area contributed by atoms with Crippen LogP contribution in [0.15, 0.2) is 23.0 Å². The summed E-state index contributed by atoms with van der Waals surface area (Å²) in [5, 5.41) is 15.9. The maximum Gasteiger partial charge on any atom is 0.311 e. The quantitative estimate of drug-likeness (QED) is 0.510. The molecule has 1 aromatic carbocycles. The second-order valence-corrected chi connectivity index (χ2v) is 9.37. The van der Waals surface area contributed by atoms with Gasteiger partial charge in [0.1, 0.15) is 17.4 Å². The summed E-state index contributed by atoms with van der Waals surface area (Å²) in [6.07, 6.45) is 2.20. The fourth-order valence-electron chi connectivity index (χ4n) is 4.85. The number of methoxy groups -OCH3 is 1. The lowest BCUT2D eigenvalue weighted by Gasteiger charge is -2.37. The van der Waals surface area contributed by atoms with E-state index >= 15 is 0 Å². The van der Waals surface area contributed by atoms with E-state index in [9.17, 15) is 28.7 Å². The van der Waals surface area contributed by atoms with Crippen molar-refractivity contribution in [1.82, 2.24) is 25.1 Å². The van der Waals surface area contributed by atoms with Crippen LogP contribution in [-0.2, 0) is 28.2 Å². The highest BCUT2D eigenvalue weighted by molar-refractivity contribution is 6.35. The van der Waals surface area contributed by atoms with Crippen LogP contribution in [0.25, 0.3) is 0 Å². The molecule has 0 radical (unpaired) electrons. The van der Waals surface area contributed by atoms with E-state index in [-0.39, 0.29) is 30.6 Å². The first-order valence-electron chi connectivity index (χ1n) is 11.5. The van der Waals surface area contributed by atoms with Crippen LogP contribution in [-0.4, -0.2) is 58.5 Å². The van der Waals surface area contributed by atoms with Gasteiger partial charge in [0, 0.05) is 38.8 Å². The van der Waals surface area contributed by atoms with Gasteiger partial charge in [0.25, 0.3) is 11.5 Å². The van der Waals surface area contributed by atoms with Crippen molar-refractivity contribution >= 4 is 17.7 Å². The predicted molar refractivity (Wildman–Crippen MR) is 125 cm³/mol. The Morgan fingerprint density at radius 3 is 2.61 bits per heavy atom. The Hall–Kier alpha value is -3.96. The first-order chi connectivity index (χ1) is 17.1. The van der Waals surface area contributed by atoms with Gasteiger partial charge in [-0.05, 0) is 37.7 Å². The molecule has 2 bridgehead atoms. The summed E-state index contributed by atoms with van der Waals surface area (Å²) in [4.78, 5) is 56.6. The van der Waals surface area contributed by atoms with Gasteiger partial charge in [-0.1, -0.05) is 6.07 Å². The van der Waals surface area contributed by atoms with Crippen molar-refractivity contribution < 1.29 is 28.6 Å². The predicted octanol–water partition coefficient (Wildman–Crippen LogP) is 0.630. The van der Waals surface area contributed by atoms with Crippen molar-refractivity contribution in [3.8, 4) is 11.5 Å². The van der Waals surface area contributed by atoms with Crippen molar-refractivity contribution in [2.24, 2.45) is 5.92 Å². The lowest BCUT2D eigenvalue weighted by Crippen LogP contribution is -2.53. The van der Waals surface area contributed by atoms with Crippen LogP contribution in [0.4, 0.5) is 4.39 Å². The molecule has 1 saturated carbocycles. The number of rotatable bonds is 5. The molecule has 0 atom stereocenters. The Bertz CT molecular complexity index is 1280. The number of fused-ring (bicyclic) bond motifs is 2. The zero-order valence-corrected chi connectivity index (χ0v) is 20.3. The van der Waals surface area contributed by atoms with Crippen LogP contribution in [0, 0.1) is 11.7 Å². The summed E-state index contributed by atoms with van der Waals surface area (Å²) in [5.74, 6) is -3.26. The molecule has 3 N–H and O–H groups in total. The van der Waals surface area contributed by atoms with Gasteiger partial charge in [-0.2, -0.15) is 0 Å². The minimum atomic E-state index is -1.14. The topological polar surface area (TPSA) is 143 Å². The number of aromatic nitrogens is 2. The Morgan fingerprint density at radius 2 is 1.97 bits per heavy atom. The van der Waals surface area contributed by atoms with E-state index in [2.05, 4.69) is 15.6 Å². The molecule has 5 rings (SSSR count). The highest BCUT2D eigenvalue weighted by Gasteiger charge is 2.46. The summed E-state index contributed by atoms with van der Waals surface area (Å²) < 4.78 is 19.9. The normalized spacial score (nSPS) is 20.2. The molecule has 1 fully saturated rings. The number of amides is 3. The summed E-state index contributed by atoms with van der Waals surface area (Å²) >= 11 is 0. The largest absolute Gasteiger partial charge is 0.501 e. The fraction of sp³-hybridized carbons (Fsp3) is 0.458. The van der Waals surface area contributed by atoms with Crippen molar-refractivity contribution in [1.29, 1.82) is 0 Å². The van der Waals surface area contributed by atoms with E-state index < -0.39 is 46.1 Å². The number of carbonyl (C=O) groups is 3. The van der Waals surface area contributed by atoms with Gasteiger partial charge in [-0.3, -0.25) is 23.7 Å². The third-order valence-electron chi connectivity index (χ3n) is 6.83. The second kappa shape index (κ2) is 9.59. The zero-order valence-electron chi connectivity index (χ0n) is 20.3. The SMILES string of the molecule is COc1cc(F)ccc1CNC(=O)c1nc2n(c(=O)c1O)CC1CCC2(NC(=O)C(=O)N(C)C)CC1. The number of hydrogen-bond donors (Lipinski definition) is 3. The summed E-state index contributed by atoms with van der Waals surface area (Å²) in [6, 6.07) is 3.83. The first kappa shape index (κ1) is 25.1. The van der Waals surface area contributed by atoms with Gasteiger partial charge in [-0.15, -0.1) is 0 Å². The molecule has 12 heteroatoms. The molecule has 3 amide bonds. The smallest absolute Gasteiger partial charge is 0.311 e. The monoisotopic (exact) mass is 501 g/mol. The van der Waals surface area contributed by atoms with Crippen LogP contribution in [0.5, 0.6) is 11.5 Å². The number of benzene rings is 1. The van der Waals surface area contributed by atoms with E-state index in [0.29, 0.717) is 31.2 Å². The number of carbonyl (C=O) groups excluding carboxylic acids is 3. The highest BCUT2D eigenvalue weighted by Crippen LogP contribution is 2.43. The van der Waals surface area contributed by atoms with Crippen molar-refractivity contribution in [3.63, 3.8) is 0 Å². The number of halogens is 1. The zero-order chi connectivity index (χ0) is 26.2. The molecule has 192 valence electrons. The first-order valence-corrected chi connectivity index (χ1v) is 11.5. The molecule has 0 spiro atoms. The molecule has 36 heavy (non-hydrogen) atoms. The second-order valence-electron chi connectivity index (χ2n) is 9.37. The van der Waals surface area contributed by atoms with E-state index in [1.54, 1.807) is 0 Å². The van der Waals surface area contributed by atoms with Crippen molar-refractivity contribution in [3.05, 3.63) is 51.5 Å². The van der Waals surface area contributed by atoms with Crippen LogP contribution in [0.1, 0.15) is 47.6 Å². The van der Waals surface area contributed by atoms with Crippen molar-refractivity contribution in [2.45, 2.75) is 44.3 Å². The molecule has 0 saturated heterocycles. The number of likely N-dealkylation sites (N-methyl/N-ethyl adjacent to an activating group) is 1. The molecular formula is C24H28FN5O6. The third kappa shape index (κ3) is 4.50. The molecule has 11 nitrogen and oxygen atoms in total. The van der Waals surface area contributed by atoms with Gasteiger partial charge < -0.3 is 25.4 Å². The van der Waals surface area contributed by atoms with Crippen LogP contribution >= 0.6 is 0 Å². The third-order valence-corrected chi connectivity index (χ3v) is 6.83. The maximum absolute atomic E-state index is 13.5. The standard InChI is InChI=1S/C24H28FN5O6/c1-29(2)22(35)20(33)28-24-8-6-13(7-9-24)12-30-21(34)18(31)17(27-23(24)30)19(32)26-11-14-4-5-15(25)10-16(14)36-3/h4-5,10,13,31H,6-9,11-12H2,1-3H3,(H,26,32)(H,28,33). The number of aromatic hydroxyl groups is 1. The number of nitrogens with zero attached hydrogens (tertiary/aromatic N) is 3. The van der Waals surface area contributed by atoms with Gasteiger partial charge in [0.2, 0.25) is 5.75 Å². The van der Waals surface area contributed by atoms with Crippen LogP contribution in [0.2, 0.25) is 0 Å². The molecule has 0 unspecified atom stereocenters. The molecule has 2 aliphatic heterocycles. The lowest BCUT2D eigenvalue weighted by atomic mass is 9.77. The van der Waals surface area contributed by atoms with Crippen LogP contribution < -0.4 is 20.9 Å². The number of hydrogen-bond acceptors (Lipinski definition) is 7.